The van der Waals surface area contributed by atoms with Gasteiger partial charge in [0.05, 0.1) is 12.2 Å². The van der Waals surface area contributed by atoms with Crippen molar-refractivity contribution in [2.75, 3.05) is 26.8 Å². The number of benzene rings is 1. The molecule has 0 bridgehead atoms. The van der Waals surface area contributed by atoms with Crippen LogP contribution < -0.4 is 0 Å². The average Bonchev–Trinajstić information content (AvgIpc) is 2.39. The van der Waals surface area contributed by atoms with Gasteiger partial charge in [-0.15, -0.1) is 0 Å². The quantitative estimate of drug-likeness (QED) is 0.911. The maximum atomic E-state index is 12.9. The monoisotopic (exact) mass is 267 g/mol. The lowest BCUT2D eigenvalue weighted by Gasteiger charge is -2.27. The number of hydrogen-bond acceptors (Lipinski definition) is 3. The number of rotatable bonds is 3. The summed E-state index contributed by atoms with van der Waals surface area (Å²) >= 11 is 0. The van der Waals surface area contributed by atoms with Crippen molar-refractivity contribution >= 4 is 5.91 Å². The molecule has 1 fully saturated rings. The lowest BCUT2D eigenvalue weighted by Crippen LogP contribution is -2.35. The van der Waals surface area contributed by atoms with Gasteiger partial charge in [0.15, 0.2) is 0 Å². The average molecular weight is 267 g/mol. The van der Waals surface area contributed by atoms with Crippen LogP contribution in [0.5, 0.6) is 5.75 Å². The van der Waals surface area contributed by atoms with E-state index in [1.807, 2.05) is 0 Å². The fraction of sp³-hybridized carbons (Fsp3) is 0.500. The van der Waals surface area contributed by atoms with Gasteiger partial charge in [-0.1, -0.05) is 0 Å². The van der Waals surface area contributed by atoms with Crippen molar-refractivity contribution in [2.45, 2.75) is 12.8 Å². The Bertz CT molecular complexity index is 458. The van der Waals surface area contributed by atoms with E-state index in [9.17, 15) is 14.3 Å². The highest BCUT2D eigenvalue weighted by molar-refractivity contribution is 5.96. The summed E-state index contributed by atoms with van der Waals surface area (Å²) in [6.45, 7) is 2.02. The lowest BCUT2D eigenvalue weighted by atomic mass is 10.0. The number of carbonyl (C=O) groups is 1. The maximum Gasteiger partial charge on any atom is 0.257 e. The lowest BCUT2D eigenvalue weighted by molar-refractivity contribution is 0.0388. The molecule has 1 aliphatic rings. The highest BCUT2D eigenvalue weighted by Gasteiger charge is 2.21. The molecule has 0 radical (unpaired) electrons. The minimum absolute atomic E-state index is 0.126. The molecule has 5 heteroatoms. The molecule has 104 valence electrons. The molecule has 1 aromatic rings. The van der Waals surface area contributed by atoms with E-state index in [1.54, 1.807) is 11.9 Å². The minimum atomic E-state index is -0.558. The van der Waals surface area contributed by atoms with Crippen LogP contribution in [-0.2, 0) is 4.74 Å². The highest BCUT2D eigenvalue weighted by atomic mass is 19.1. The van der Waals surface area contributed by atoms with Gasteiger partial charge in [-0.2, -0.15) is 0 Å². The Hall–Kier alpha value is -1.62. The van der Waals surface area contributed by atoms with Crippen LogP contribution in [0.15, 0.2) is 18.2 Å². The summed E-state index contributed by atoms with van der Waals surface area (Å²) in [7, 11) is 1.68. The summed E-state index contributed by atoms with van der Waals surface area (Å²) in [5.41, 5.74) is 0.126. The second-order valence-electron chi connectivity index (χ2n) is 4.93. The van der Waals surface area contributed by atoms with Gasteiger partial charge in [-0.05, 0) is 30.9 Å². The zero-order chi connectivity index (χ0) is 13.8. The zero-order valence-electron chi connectivity index (χ0n) is 10.9. The molecule has 0 saturated carbocycles. The molecule has 19 heavy (non-hydrogen) atoms. The molecule has 1 atom stereocenters. The molecular weight excluding hydrogens is 249 g/mol. The Morgan fingerprint density at radius 2 is 2.37 bits per heavy atom. The summed E-state index contributed by atoms with van der Waals surface area (Å²) < 4.78 is 18.3. The van der Waals surface area contributed by atoms with Crippen LogP contribution in [-0.4, -0.2) is 42.7 Å². The molecule has 1 unspecified atom stereocenters. The van der Waals surface area contributed by atoms with Gasteiger partial charge in [0.1, 0.15) is 11.6 Å². The van der Waals surface area contributed by atoms with Crippen LogP contribution in [0.2, 0.25) is 0 Å². The van der Waals surface area contributed by atoms with Gasteiger partial charge < -0.3 is 14.7 Å². The smallest absolute Gasteiger partial charge is 0.257 e. The van der Waals surface area contributed by atoms with Gasteiger partial charge in [-0.25, -0.2) is 4.39 Å². The summed E-state index contributed by atoms with van der Waals surface area (Å²) in [6, 6.07) is 3.43. The first kappa shape index (κ1) is 13.8. The molecule has 0 aliphatic carbocycles. The molecule has 1 amide bonds. The maximum absolute atomic E-state index is 12.9. The Morgan fingerprint density at radius 1 is 1.58 bits per heavy atom. The van der Waals surface area contributed by atoms with E-state index in [0.29, 0.717) is 19.1 Å². The Balaban J connectivity index is 2.01. The van der Waals surface area contributed by atoms with E-state index in [1.165, 1.54) is 12.1 Å². The predicted octanol–water partition coefficient (Wildman–Crippen LogP) is 2.03. The van der Waals surface area contributed by atoms with Gasteiger partial charge in [-0.3, -0.25) is 4.79 Å². The molecule has 2 rings (SSSR count). The molecule has 1 N–H and O–H groups in total. The second-order valence-corrected chi connectivity index (χ2v) is 4.93. The van der Waals surface area contributed by atoms with Gasteiger partial charge >= 0.3 is 0 Å². The van der Waals surface area contributed by atoms with Crippen molar-refractivity contribution in [2.24, 2.45) is 5.92 Å². The first-order chi connectivity index (χ1) is 9.08. The van der Waals surface area contributed by atoms with Crippen LogP contribution in [0.25, 0.3) is 0 Å². The number of nitrogens with zero attached hydrogens (tertiary/aromatic N) is 1. The fourth-order valence-electron chi connectivity index (χ4n) is 2.31. The topological polar surface area (TPSA) is 49.8 Å². The van der Waals surface area contributed by atoms with Crippen LogP contribution in [0, 0.1) is 11.7 Å². The van der Waals surface area contributed by atoms with Gasteiger partial charge in [0, 0.05) is 26.3 Å². The van der Waals surface area contributed by atoms with Crippen LogP contribution in [0.4, 0.5) is 4.39 Å². The number of phenolic OH excluding ortho intramolecular Hbond substituents is 1. The molecule has 1 aromatic carbocycles. The Morgan fingerprint density at radius 3 is 3.00 bits per heavy atom. The standard InChI is InChI=1S/C14H18FNO3/c1-16(8-10-3-2-6-19-9-10)14(18)12-5-4-11(15)7-13(12)17/h4-5,7,10,17H,2-3,6,8-9H2,1H3. The first-order valence-electron chi connectivity index (χ1n) is 6.39. The number of carbonyl (C=O) groups excluding carboxylic acids is 1. The molecule has 1 saturated heterocycles. The van der Waals surface area contributed by atoms with E-state index >= 15 is 0 Å². The number of amides is 1. The number of aromatic hydroxyl groups is 1. The van der Waals surface area contributed by atoms with Gasteiger partial charge in [0.2, 0.25) is 0 Å². The second kappa shape index (κ2) is 6.02. The normalized spacial score (nSPS) is 19.2. The largest absolute Gasteiger partial charge is 0.507 e. The molecule has 0 spiro atoms. The third kappa shape index (κ3) is 3.44. The number of ether oxygens (including phenoxy) is 1. The molecule has 4 nitrogen and oxygen atoms in total. The van der Waals surface area contributed by atoms with Crippen LogP contribution in [0.1, 0.15) is 23.2 Å². The van der Waals surface area contributed by atoms with Crippen molar-refractivity contribution in [1.29, 1.82) is 0 Å². The van der Waals surface area contributed by atoms with E-state index in [-0.39, 0.29) is 17.2 Å². The molecule has 1 heterocycles. The van der Waals surface area contributed by atoms with Crippen molar-refractivity contribution in [3.8, 4) is 5.75 Å². The number of halogens is 1. The first-order valence-corrected chi connectivity index (χ1v) is 6.39. The van der Waals surface area contributed by atoms with Crippen molar-refractivity contribution in [3.05, 3.63) is 29.6 Å². The van der Waals surface area contributed by atoms with E-state index in [4.69, 9.17) is 4.74 Å². The van der Waals surface area contributed by atoms with E-state index < -0.39 is 5.82 Å². The summed E-state index contributed by atoms with van der Waals surface area (Å²) in [5.74, 6) is -0.859. The van der Waals surface area contributed by atoms with Crippen LogP contribution in [0.3, 0.4) is 0 Å². The minimum Gasteiger partial charge on any atom is -0.507 e. The third-order valence-electron chi connectivity index (χ3n) is 3.32. The Labute approximate surface area is 111 Å². The van der Waals surface area contributed by atoms with Crippen molar-refractivity contribution < 1.29 is 19.0 Å². The molecular formula is C14H18FNO3. The van der Waals surface area contributed by atoms with Gasteiger partial charge in [0.25, 0.3) is 5.91 Å². The number of hydrogen-bond donors (Lipinski definition) is 1. The van der Waals surface area contributed by atoms with Crippen molar-refractivity contribution in [3.63, 3.8) is 0 Å². The number of phenols is 1. The summed E-state index contributed by atoms with van der Waals surface area (Å²) in [6.07, 6.45) is 2.04. The highest BCUT2D eigenvalue weighted by Crippen LogP contribution is 2.21. The molecule has 0 aromatic heterocycles. The zero-order valence-corrected chi connectivity index (χ0v) is 10.9. The van der Waals surface area contributed by atoms with E-state index in [2.05, 4.69) is 0 Å². The SMILES string of the molecule is CN(CC1CCCOC1)C(=O)c1ccc(F)cc1O. The fourth-order valence-corrected chi connectivity index (χ4v) is 2.31. The van der Waals surface area contributed by atoms with Crippen LogP contribution >= 0.6 is 0 Å². The third-order valence-corrected chi connectivity index (χ3v) is 3.32. The van der Waals surface area contributed by atoms with E-state index in [0.717, 1.165) is 25.5 Å². The summed E-state index contributed by atoms with van der Waals surface area (Å²) in [4.78, 5) is 13.7. The van der Waals surface area contributed by atoms with Crippen molar-refractivity contribution in [1.82, 2.24) is 4.90 Å². The predicted molar refractivity (Wildman–Crippen MR) is 68.6 cm³/mol. The Kier molecular flexibility index (Phi) is 4.37. The summed E-state index contributed by atoms with van der Waals surface area (Å²) in [5, 5.41) is 9.60. The molecule has 1 aliphatic heterocycles.